The predicted octanol–water partition coefficient (Wildman–Crippen LogP) is 3.69. The molecule has 0 heterocycles. The van der Waals surface area contributed by atoms with Crippen LogP contribution in [0.4, 0.5) is 0 Å². The lowest BCUT2D eigenvalue weighted by Crippen LogP contribution is -2.22. The third-order valence-corrected chi connectivity index (χ3v) is 3.59. The maximum atomic E-state index is 6.09. The third kappa shape index (κ3) is 3.11. The van der Waals surface area contributed by atoms with Gasteiger partial charge in [0.15, 0.2) is 0 Å². The minimum Gasteiger partial charge on any atom is -0.490 e. The smallest absolute Gasteiger partial charge is 0.131 e. The Balaban J connectivity index is 2.19. The van der Waals surface area contributed by atoms with Crippen molar-refractivity contribution in [3.8, 4) is 5.75 Å². The maximum Gasteiger partial charge on any atom is 0.131 e. The van der Waals surface area contributed by atoms with Crippen molar-refractivity contribution in [1.82, 2.24) is 0 Å². The molecule has 2 rings (SSSR count). The highest BCUT2D eigenvalue weighted by Gasteiger charge is 2.18. The van der Waals surface area contributed by atoms with Gasteiger partial charge in [-0.2, -0.15) is 0 Å². The molecular weight excluding hydrogens is 254 g/mol. The van der Waals surface area contributed by atoms with Crippen molar-refractivity contribution in [2.24, 2.45) is 5.73 Å². The molecule has 0 atom stereocenters. The Hall–Kier alpha value is -0.800. The SMILES string of the molecule is NC(=S)c1c(Cl)cccc1OC1CCCCC1. The van der Waals surface area contributed by atoms with Gasteiger partial charge >= 0.3 is 0 Å². The molecule has 1 aliphatic rings. The highest BCUT2D eigenvalue weighted by Crippen LogP contribution is 2.30. The Morgan fingerprint density at radius 2 is 2.00 bits per heavy atom. The number of hydrogen-bond donors (Lipinski definition) is 1. The standard InChI is InChI=1S/C13H16ClNOS/c14-10-7-4-8-11(12(10)13(15)17)16-9-5-2-1-3-6-9/h4,7-9H,1-3,5-6H2,(H2,15,17). The molecule has 0 amide bonds. The van der Waals surface area contributed by atoms with E-state index in [1.165, 1.54) is 19.3 Å². The van der Waals surface area contributed by atoms with Crippen molar-refractivity contribution in [2.45, 2.75) is 38.2 Å². The van der Waals surface area contributed by atoms with Crippen LogP contribution in [0.2, 0.25) is 5.02 Å². The number of nitrogens with two attached hydrogens (primary N) is 1. The van der Waals surface area contributed by atoms with Gasteiger partial charge < -0.3 is 10.5 Å². The Kier molecular flexibility index (Phi) is 4.24. The van der Waals surface area contributed by atoms with Crippen molar-refractivity contribution >= 4 is 28.8 Å². The first-order chi connectivity index (χ1) is 8.18. The van der Waals surface area contributed by atoms with Gasteiger partial charge in [0.2, 0.25) is 0 Å². The van der Waals surface area contributed by atoms with E-state index in [0.717, 1.165) is 18.6 Å². The summed E-state index contributed by atoms with van der Waals surface area (Å²) in [5.41, 5.74) is 6.35. The van der Waals surface area contributed by atoms with E-state index in [1.807, 2.05) is 12.1 Å². The summed E-state index contributed by atoms with van der Waals surface area (Å²) in [7, 11) is 0. The van der Waals surface area contributed by atoms with Crippen molar-refractivity contribution in [2.75, 3.05) is 0 Å². The number of benzene rings is 1. The van der Waals surface area contributed by atoms with Crippen LogP contribution in [0.25, 0.3) is 0 Å². The second-order valence-corrected chi connectivity index (χ2v) is 5.20. The first-order valence-corrected chi connectivity index (χ1v) is 6.72. The summed E-state index contributed by atoms with van der Waals surface area (Å²) in [5.74, 6) is 0.719. The Morgan fingerprint density at radius 3 is 2.65 bits per heavy atom. The van der Waals surface area contributed by atoms with Crippen LogP contribution < -0.4 is 10.5 Å². The number of ether oxygens (including phenoxy) is 1. The van der Waals surface area contributed by atoms with Crippen LogP contribution in [-0.4, -0.2) is 11.1 Å². The topological polar surface area (TPSA) is 35.2 Å². The van der Waals surface area contributed by atoms with Crippen LogP contribution in [0.1, 0.15) is 37.7 Å². The van der Waals surface area contributed by atoms with E-state index < -0.39 is 0 Å². The fourth-order valence-electron chi connectivity index (χ4n) is 2.20. The summed E-state index contributed by atoms with van der Waals surface area (Å²) in [4.78, 5) is 0.293. The molecule has 0 bridgehead atoms. The molecule has 1 saturated carbocycles. The van der Waals surface area contributed by atoms with Crippen LogP contribution in [0.15, 0.2) is 18.2 Å². The Morgan fingerprint density at radius 1 is 1.29 bits per heavy atom. The molecule has 92 valence electrons. The van der Waals surface area contributed by atoms with Gasteiger partial charge in [0.05, 0.1) is 16.7 Å². The van der Waals surface area contributed by atoms with Gasteiger partial charge in [0.1, 0.15) is 10.7 Å². The van der Waals surface area contributed by atoms with E-state index in [0.29, 0.717) is 15.6 Å². The van der Waals surface area contributed by atoms with E-state index in [1.54, 1.807) is 6.07 Å². The average Bonchev–Trinajstić information content (AvgIpc) is 2.30. The largest absolute Gasteiger partial charge is 0.490 e. The molecule has 1 aliphatic carbocycles. The van der Waals surface area contributed by atoms with Crippen LogP contribution in [0.5, 0.6) is 5.75 Å². The third-order valence-electron chi connectivity index (χ3n) is 3.07. The summed E-state index contributed by atoms with van der Waals surface area (Å²) in [6.07, 6.45) is 6.24. The summed E-state index contributed by atoms with van der Waals surface area (Å²) in [6, 6.07) is 5.53. The van der Waals surface area contributed by atoms with Gasteiger partial charge in [-0.1, -0.05) is 36.3 Å². The van der Waals surface area contributed by atoms with Gasteiger partial charge in [-0.05, 0) is 37.8 Å². The lowest BCUT2D eigenvalue weighted by atomic mass is 9.97. The molecule has 0 aromatic heterocycles. The average molecular weight is 270 g/mol. The van der Waals surface area contributed by atoms with Crippen molar-refractivity contribution < 1.29 is 4.74 Å². The Labute approximate surface area is 112 Å². The highest BCUT2D eigenvalue weighted by atomic mass is 35.5. The van der Waals surface area contributed by atoms with Crippen molar-refractivity contribution in [3.05, 3.63) is 28.8 Å². The van der Waals surface area contributed by atoms with Gasteiger partial charge in [-0.3, -0.25) is 0 Å². The molecule has 1 aromatic carbocycles. The molecule has 0 unspecified atom stereocenters. The summed E-state index contributed by atoms with van der Waals surface area (Å²) >= 11 is 11.1. The minimum atomic E-state index is 0.273. The van der Waals surface area contributed by atoms with E-state index >= 15 is 0 Å². The molecule has 4 heteroatoms. The van der Waals surface area contributed by atoms with E-state index in [-0.39, 0.29) is 6.10 Å². The van der Waals surface area contributed by atoms with Crippen LogP contribution in [-0.2, 0) is 0 Å². The zero-order chi connectivity index (χ0) is 12.3. The second-order valence-electron chi connectivity index (χ2n) is 4.36. The number of rotatable bonds is 3. The van der Waals surface area contributed by atoms with E-state index in [4.69, 9.17) is 34.3 Å². The van der Waals surface area contributed by atoms with Crippen LogP contribution in [0, 0.1) is 0 Å². The summed E-state index contributed by atoms with van der Waals surface area (Å²) in [6.45, 7) is 0. The fourth-order valence-corrected chi connectivity index (χ4v) is 2.74. The lowest BCUT2D eigenvalue weighted by Gasteiger charge is -2.24. The molecule has 2 N–H and O–H groups in total. The maximum absolute atomic E-state index is 6.09. The molecular formula is C13H16ClNOS. The molecule has 17 heavy (non-hydrogen) atoms. The van der Waals surface area contributed by atoms with Gasteiger partial charge in [-0.15, -0.1) is 0 Å². The second kappa shape index (κ2) is 5.69. The zero-order valence-electron chi connectivity index (χ0n) is 9.62. The molecule has 0 spiro atoms. The number of halogens is 1. The van der Waals surface area contributed by atoms with Crippen molar-refractivity contribution in [1.29, 1.82) is 0 Å². The van der Waals surface area contributed by atoms with E-state index in [2.05, 4.69) is 0 Å². The molecule has 0 saturated heterocycles. The first kappa shape index (κ1) is 12.7. The Bertz CT molecular complexity index is 416. The normalized spacial score (nSPS) is 16.8. The number of hydrogen-bond acceptors (Lipinski definition) is 2. The monoisotopic (exact) mass is 269 g/mol. The zero-order valence-corrected chi connectivity index (χ0v) is 11.2. The van der Waals surface area contributed by atoms with Crippen molar-refractivity contribution in [3.63, 3.8) is 0 Å². The molecule has 0 radical (unpaired) electrons. The van der Waals surface area contributed by atoms with Crippen LogP contribution >= 0.6 is 23.8 Å². The first-order valence-electron chi connectivity index (χ1n) is 5.93. The summed E-state index contributed by atoms with van der Waals surface area (Å²) in [5, 5.41) is 0.561. The molecule has 1 aromatic rings. The quantitative estimate of drug-likeness (QED) is 0.850. The van der Waals surface area contributed by atoms with Crippen LogP contribution in [0.3, 0.4) is 0 Å². The van der Waals surface area contributed by atoms with Gasteiger partial charge in [0.25, 0.3) is 0 Å². The predicted molar refractivity (Wildman–Crippen MR) is 74.8 cm³/mol. The van der Waals surface area contributed by atoms with E-state index in [9.17, 15) is 0 Å². The van der Waals surface area contributed by atoms with Gasteiger partial charge in [0, 0.05) is 0 Å². The lowest BCUT2D eigenvalue weighted by molar-refractivity contribution is 0.155. The molecule has 1 fully saturated rings. The highest BCUT2D eigenvalue weighted by molar-refractivity contribution is 7.80. The minimum absolute atomic E-state index is 0.273. The van der Waals surface area contributed by atoms with Gasteiger partial charge in [-0.25, -0.2) is 0 Å². The summed E-state index contributed by atoms with van der Waals surface area (Å²) < 4.78 is 5.98. The molecule has 0 aliphatic heterocycles. The number of thiocarbonyl (C=S) groups is 1. The molecule has 2 nitrogen and oxygen atoms in total. The fraction of sp³-hybridized carbons (Fsp3) is 0.462.